The second-order valence-electron chi connectivity index (χ2n) is 8.93. The first kappa shape index (κ1) is 24.9. The molecule has 1 fully saturated rings. The molecule has 0 aromatic heterocycles. The molecule has 2 aliphatic rings. The fourth-order valence-corrected chi connectivity index (χ4v) is 5.86. The second-order valence-corrected chi connectivity index (χ2v) is 10.8. The predicted molar refractivity (Wildman–Crippen MR) is 138 cm³/mol. The second kappa shape index (κ2) is 10.7. The largest absolute Gasteiger partial charge is 0.486 e. The molecule has 3 aromatic carbocycles. The van der Waals surface area contributed by atoms with E-state index in [1.165, 1.54) is 43.2 Å². The van der Waals surface area contributed by atoms with Gasteiger partial charge in [-0.15, -0.1) is 0 Å². The van der Waals surface area contributed by atoms with E-state index in [1.54, 1.807) is 0 Å². The zero-order valence-corrected chi connectivity index (χ0v) is 21.0. The summed E-state index contributed by atoms with van der Waals surface area (Å²) in [6.07, 6.45) is 2.38. The van der Waals surface area contributed by atoms with Crippen LogP contribution in [0, 0.1) is 5.82 Å². The lowest BCUT2D eigenvalue weighted by molar-refractivity contribution is -0.119. The van der Waals surface area contributed by atoms with Gasteiger partial charge in [0.05, 0.1) is 10.6 Å². The van der Waals surface area contributed by atoms with Gasteiger partial charge < -0.3 is 19.7 Å². The molecule has 194 valence electrons. The van der Waals surface area contributed by atoms with E-state index in [2.05, 4.69) is 10.2 Å². The van der Waals surface area contributed by atoms with Crippen LogP contribution in [-0.4, -0.2) is 47.2 Å². The molecular weight excluding hydrogens is 497 g/mol. The van der Waals surface area contributed by atoms with Crippen LogP contribution in [0.15, 0.2) is 71.6 Å². The third-order valence-electron chi connectivity index (χ3n) is 6.40. The van der Waals surface area contributed by atoms with E-state index in [1.807, 2.05) is 24.3 Å². The van der Waals surface area contributed by atoms with Crippen LogP contribution in [0.2, 0.25) is 0 Å². The minimum Gasteiger partial charge on any atom is -0.486 e. The van der Waals surface area contributed by atoms with Crippen molar-refractivity contribution in [3.63, 3.8) is 0 Å². The number of amides is 1. The van der Waals surface area contributed by atoms with Crippen molar-refractivity contribution < 1.29 is 27.1 Å². The molecule has 1 saturated heterocycles. The Morgan fingerprint density at radius 1 is 0.919 bits per heavy atom. The Hall–Kier alpha value is -3.79. The van der Waals surface area contributed by atoms with Crippen LogP contribution in [0.5, 0.6) is 11.5 Å². The number of nitrogens with zero attached hydrogens (tertiary/aromatic N) is 2. The normalized spacial score (nSPS) is 14.9. The van der Waals surface area contributed by atoms with Crippen LogP contribution in [0.25, 0.3) is 0 Å². The minimum atomic E-state index is -4.18. The Morgan fingerprint density at radius 2 is 1.59 bits per heavy atom. The van der Waals surface area contributed by atoms with Crippen LogP contribution in [0.4, 0.5) is 15.8 Å². The summed E-state index contributed by atoms with van der Waals surface area (Å²) in [5.74, 6) is -0.239. The number of hydrogen-bond donors (Lipinski definition) is 1. The first-order valence-corrected chi connectivity index (χ1v) is 13.6. The van der Waals surface area contributed by atoms with E-state index in [-0.39, 0.29) is 17.1 Å². The highest BCUT2D eigenvalue weighted by Crippen LogP contribution is 2.34. The first-order chi connectivity index (χ1) is 17.9. The van der Waals surface area contributed by atoms with E-state index in [9.17, 15) is 17.6 Å². The van der Waals surface area contributed by atoms with Crippen molar-refractivity contribution in [2.45, 2.75) is 24.3 Å². The van der Waals surface area contributed by atoms with Crippen molar-refractivity contribution in [1.82, 2.24) is 5.32 Å². The maximum absolute atomic E-state index is 13.6. The van der Waals surface area contributed by atoms with Gasteiger partial charge in [-0.05, 0) is 66.9 Å². The summed E-state index contributed by atoms with van der Waals surface area (Å²) in [6, 6.07) is 17.2. The average Bonchev–Trinajstić information content (AvgIpc) is 3.46. The molecule has 0 aliphatic carbocycles. The smallest absolute Gasteiger partial charge is 0.264 e. The maximum Gasteiger partial charge on any atom is 0.264 e. The molecule has 0 unspecified atom stereocenters. The number of ether oxygens (including phenoxy) is 2. The quantitative estimate of drug-likeness (QED) is 0.483. The van der Waals surface area contributed by atoms with Gasteiger partial charge in [0.2, 0.25) is 5.91 Å². The molecule has 10 heteroatoms. The zero-order chi connectivity index (χ0) is 25.8. The summed E-state index contributed by atoms with van der Waals surface area (Å²) in [5.41, 5.74) is 2.22. The third-order valence-corrected chi connectivity index (χ3v) is 8.17. The van der Waals surface area contributed by atoms with Crippen molar-refractivity contribution in [2.24, 2.45) is 0 Å². The molecule has 2 aliphatic heterocycles. The number of anilines is 2. The molecule has 2 heterocycles. The third kappa shape index (κ3) is 5.64. The fourth-order valence-electron chi connectivity index (χ4n) is 4.42. The van der Waals surface area contributed by atoms with Crippen LogP contribution in [0.3, 0.4) is 0 Å². The van der Waals surface area contributed by atoms with E-state index < -0.39 is 28.3 Å². The Kier molecular flexibility index (Phi) is 7.18. The minimum absolute atomic E-state index is 0.0635. The molecule has 5 rings (SSSR count). The molecule has 0 bridgehead atoms. The van der Waals surface area contributed by atoms with Crippen molar-refractivity contribution in [3.8, 4) is 11.5 Å². The van der Waals surface area contributed by atoms with E-state index in [0.717, 1.165) is 40.8 Å². The predicted octanol–water partition coefficient (Wildman–Crippen LogP) is 3.71. The molecule has 1 N–H and O–H groups in total. The van der Waals surface area contributed by atoms with Gasteiger partial charge in [0.25, 0.3) is 10.0 Å². The summed E-state index contributed by atoms with van der Waals surface area (Å²) in [4.78, 5) is 15.2. The number of halogens is 1. The molecule has 0 atom stereocenters. The molecule has 0 saturated carbocycles. The molecule has 0 radical (unpaired) electrons. The monoisotopic (exact) mass is 525 g/mol. The van der Waals surface area contributed by atoms with Gasteiger partial charge in [0.1, 0.15) is 25.6 Å². The van der Waals surface area contributed by atoms with Crippen molar-refractivity contribution in [3.05, 3.63) is 78.1 Å². The topological polar surface area (TPSA) is 88.2 Å². The summed E-state index contributed by atoms with van der Waals surface area (Å²) < 4.78 is 52.8. The Morgan fingerprint density at radius 3 is 2.30 bits per heavy atom. The van der Waals surface area contributed by atoms with Crippen LogP contribution < -0.4 is 24.0 Å². The highest BCUT2D eigenvalue weighted by Gasteiger charge is 2.29. The van der Waals surface area contributed by atoms with Gasteiger partial charge >= 0.3 is 0 Å². The number of sulfonamides is 1. The number of nitrogens with one attached hydrogen (secondary N) is 1. The highest BCUT2D eigenvalue weighted by atomic mass is 32.2. The van der Waals surface area contributed by atoms with E-state index >= 15 is 0 Å². The standard InChI is InChI=1S/C27H28FN3O5S/c28-21-5-9-23(10-6-21)31(37(33,34)24-11-12-25-26(17-24)36-16-15-35-25)19-27(32)29-18-20-3-7-22(8-4-20)30-13-1-2-14-30/h3-12,17H,1-2,13-16,18-19H2,(H,29,32). The fraction of sp³-hybridized carbons (Fsp3) is 0.296. The average molecular weight is 526 g/mol. The Balaban J connectivity index is 1.32. The van der Waals surface area contributed by atoms with E-state index in [4.69, 9.17) is 9.47 Å². The zero-order valence-electron chi connectivity index (χ0n) is 20.2. The van der Waals surface area contributed by atoms with Crippen molar-refractivity contribution >= 4 is 27.3 Å². The van der Waals surface area contributed by atoms with Crippen molar-refractivity contribution in [1.29, 1.82) is 0 Å². The van der Waals surface area contributed by atoms with Gasteiger partial charge in [-0.1, -0.05) is 12.1 Å². The lowest BCUT2D eigenvalue weighted by atomic mass is 10.2. The highest BCUT2D eigenvalue weighted by molar-refractivity contribution is 7.92. The molecular formula is C27H28FN3O5S. The molecule has 8 nitrogen and oxygen atoms in total. The molecule has 3 aromatic rings. The Bertz CT molecular complexity index is 1360. The van der Waals surface area contributed by atoms with Gasteiger partial charge in [-0.3, -0.25) is 9.10 Å². The van der Waals surface area contributed by atoms with Gasteiger partial charge in [-0.25, -0.2) is 12.8 Å². The molecule has 0 spiro atoms. The number of carbonyl (C=O) groups is 1. The number of benzene rings is 3. The summed E-state index contributed by atoms with van der Waals surface area (Å²) >= 11 is 0. The molecule has 1 amide bonds. The van der Waals surface area contributed by atoms with Gasteiger partial charge in [-0.2, -0.15) is 0 Å². The van der Waals surface area contributed by atoms with E-state index in [0.29, 0.717) is 24.7 Å². The lowest BCUT2D eigenvalue weighted by Gasteiger charge is -2.25. The number of carbonyl (C=O) groups excluding carboxylic acids is 1. The Labute approximate surface area is 215 Å². The van der Waals surface area contributed by atoms with Gasteiger partial charge in [0.15, 0.2) is 11.5 Å². The number of rotatable bonds is 8. The lowest BCUT2D eigenvalue weighted by Crippen LogP contribution is -2.40. The number of fused-ring (bicyclic) bond motifs is 1. The van der Waals surface area contributed by atoms with Crippen LogP contribution in [-0.2, 0) is 21.4 Å². The summed E-state index contributed by atoms with van der Waals surface area (Å²) in [5, 5.41) is 2.80. The first-order valence-electron chi connectivity index (χ1n) is 12.2. The van der Waals surface area contributed by atoms with Crippen LogP contribution in [0.1, 0.15) is 18.4 Å². The van der Waals surface area contributed by atoms with Crippen LogP contribution >= 0.6 is 0 Å². The summed E-state index contributed by atoms with van der Waals surface area (Å²) in [7, 11) is -4.18. The SMILES string of the molecule is O=C(CN(c1ccc(F)cc1)S(=O)(=O)c1ccc2c(c1)OCCO2)NCc1ccc(N2CCCC2)cc1. The van der Waals surface area contributed by atoms with Gasteiger partial charge in [0, 0.05) is 31.4 Å². The maximum atomic E-state index is 13.6. The number of hydrogen-bond acceptors (Lipinski definition) is 6. The van der Waals surface area contributed by atoms with Crippen molar-refractivity contribution in [2.75, 3.05) is 42.1 Å². The molecule has 37 heavy (non-hydrogen) atoms. The summed E-state index contributed by atoms with van der Waals surface area (Å²) in [6.45, 7) is 2.55.